The minimum Gasteiger partial charge on any atom is -0.508 e. The van der Waals surface area contributed by atoms with Gasteiger partial charge in [-0.05, 0) is 30.5 Å². The Kier molecular flexibility index (Phi) is 3.79. The minimum atomic E-state index is 0.384. The molecule has 1 aromatic carbocycles. The van der Waals surface area contributed by atoms with Crippen LogP contribution in [0.2, 0.25) is 0 Å². The topological polar surface area (TPSA) is 24.7 Å². The van der Waals surface area contributed by atoms with Gasteiger partial charge in [0.2, 0.25) is 0 Å². The van der Waals surface area contributed by atoms with E-state index in [0.717, 1.165) is 0 Å². The lowest BCUT2D eigenvalue weighted by atomic mass is 9.76. The zero-order valence-corrected chi connectivity index (χ0v) is 11.8. The second-order valence-corrected chi connectivity index (χ2v) is 6.49. The van der Waals surface area contributed by atoms with Crippen LogP contribution in [0.25, 0.3) is 0 Å². The molecule has 2 N–H and O–H groups in total. The molecule has 0 bridgehead atoms. The number of quaternary nitrogens is 1. The van der Waals surface area contributed by atoms with E-state index in [-0.39, 0.29) is 0 Å². The Morgan fingerprint density at radius 3 is 2.16 bits per heavy atom. The van der Waals surface area contributed by atoms with Gasteiger partial charge in [-0.2, -0.15) is 0 Å². The second-order valence-electron chi connectivity index (χ2n) is 6.49. The van der Waals surface area contributed by atoms with Crippen LogP contribution >= 0.6 is 0 Å². The van der Waals surface area contributed by atoms with Gasteiger partial charge in [0.25, 0.3) is 0 Å². The summed E-state index contributed by atoms with van der Waals surface area (Å²) in [5.74, 6) is 0.384. The van der Waals surface area contributed by atoms with Crippen LogP contribution in [0.1, 0.15) is 50.5 Å². The van der Waals surface area contributed by atoms with Gasteiger partial charge in [0.05, 0.1) is 13.1 Å². The van der Waals surface area contributed by atoms with Crippen LogP contribution in [0.5, 0.6) is 5.75 Å². The number of phenols is 1. The van der Waals surface area contributed by atoms with Crippen molar-refractivity contribution in [2.45, 2.75) is 56.9 Å². The first kappa shape index (κ1) is 13.0. The molecule has 0 spiro atoms. The molecule has 2 heteroatoms. The molecule has 1 aromatic rings. The summed E-state index contributed by atoms with van der Waals surface area (Å²) in [6.45, 7) is 2.75. The van der Waals surface area contributed by atoms with Crippen molar-refractivity contribution < 1.29 is 10.0 Å². The number of likely N-dealkylation sites (tertiary alicyclic amines) is 1. The number of phenolic OH excluding ortho intramolecular Hbond substituents is 1. The van der Waals surface area contributed by atoms with Gasteiger partial charge in [0, 0.05) is 32.1 Å². The van der Waals surface area contributed by atoms with E-state index >= 15 is 0 Å². The van der Waals surface area contributed by atoms with E-state index < -0.39 is 0 Å². The highest BCUT2D eigenvalue weighted by molar-refractivity contribution is 5.27. The smallest absolute Gasteiger partial charge is 0.115 e. The molecule has 0 aromatic heterocycles. The summed E-state index contributed by atoms with van der Waals surface area (Å²) >= 11 is 0. The number of hydrogen-bond donors (Lipinski definition) is 2. The Morgan fingerprint density at radius 2 is 1.53 bits per heavy atom. The Labute approximate surface area is 116 Å². The largest absolute Gasteiger partial charge is 0.508 e. The quantitative estimate of drug-likeness (QED) is 0.856. The maximum atomic E-state index is 9.43. The monoisotopic (exact) mass is 260 g/mol. The van der Waals surface area contributed by atoms with E-state index in [1.165, 1.54) is 70.0 Å². The highest BCUT2D eigenvalue weighted by atomic mass is 16.3. The molecule has 1 heterocycles. The van der Waals surface area contributed by atoms with Gasteiger partial charge < -0.3 is 10.0 Å². The molecule has 19 heavy (non-hydrogen) atoms. The lowest BCUT2D eigenvalue weighted by Gasteiger charge is -2.42. The van der Waals surface area contributed by atoms with Crippen LogP contribution in [0.4, 0.5) is 0 Å². The van der Waals surface area contributed by atoms with Crippen molar-refractivity contribution in [3.63, 3.8) is 0 Å². The summed E-state index contributed by atoms with van der Waals surface area (Å²) < 4.78 is 0. The molecule has 2 aliphatic rings. The number of rotatable bonds is 3. The van der Waals surface area contributed by atoms with Crippen molar-refractivity contribution in [1.82, 2.24) is 0 Å². The minimum absolute atomic E-state index is 0.384. The van der Waals surface area contributed by atoms with E-state index in [9.17, 15) is 5.11 Å². The molecular weight excluding hydrogens is 234 g/mol. The first-order chi connectivity index (χ1) is 9.28. The van der Waals surface area contributed by atoms with E-state index in [1.807, 2.05) is 17.0 Å². The van der Waals surface area contributed by atoms with Gasteiger partial charge in [0.15, 0.2) is 0 Å². The highest BCUT2D eigenvalue weighted by Gasteiger charge is 2.42. The second kappa shape index (κ2) is 5.54. The summed E-state index contributed by atoms with van der Waals surface area (Å²) in [5, 5.41) is 9.43. The molecule has 0 unspecified atom stereocenters. The molecule has 2 fully saturated rings. The van der Waals surface area contributed by atoms with Crippen LogP contribution < -0.4 is 4.90 Å². The van der Waals surface area contributed by atoms with Crippen molar-refractivity contribution in [1.29, 1.82) is 0 Å². The fourth-order valence-electron chi connectivity index (χ4n) is 4.22. The summed E-state index contributed by atoms with van der Waals surface area (Å²) in [6, 6.07) is 7.90. The van der Waals surface area contributed by atoms with Crippen molar-refractivity contribution in [2.75, 3.05) is 13.1 Å². The lowest BCUT2D eigenvalue weighted by molar-refractivity contribution is -0.943. The molecule has 3 rings (SSSR count). The molecule has 104 valence electrons. The van der Waals surface area contributed by atoms with Crippen LogP contribution in [-0.2, 0) is 6.42 Å². The highest BCUT2D eigenvalue weighted by Crippen LogP contribution is 2.30. The number of hydrogen-bond acceptors (Lipinski definition) is 1. The van der Waals surface area contributed by atoms with Gasteiger partial charge in [-0.15, -0.1) is 0 Å². The Bertz CT molecular complexity index is 400. The number of benzene rings is 1. The third-order valence-corrected chi connectivity index (χ3v) is 5.25. The average molecular weight is 260 g/mol. The zero-order valence-electron chi connectivity index (χ0n) is 11.8. The molecule has 1 aliphatic heterocycles. The molecule has 0 radical (unpaired) electrons. The molecular formula is C17H26NO+. The van der Waals surface area contributed by atoms with Crippen LogP contribution in [0.15, 0.2) is 24.3 Å². The predicted molar refractivity (Wildman–Crippen MR) is 77.6 cm³/mol. The number of aromatic hydroxyl groups is 1. The van der Waals surface area contributed by atoms with E-state index in [1.54, 1.807) is 0 Å². The molecule has 1 aliphatic carbocycles. The van der Waals surface area contributed by atoms with Crippen LogP contribution in [0.3, 0.4) is 0 Å². The predicted octanol–water partition coefficient (Wildman–Crippen LogP) is 2.32. The van der Waals surface area contributed by atoms with Gasteiger partial charge in [-0.1, -0.05) is 18.6 Å². The summed E-state index contributed by atoms with van der Waals surface area (Å²) in [7, 11) is 0. The van der Waals surface area contributed by atoms with Crippen molar-refractivity contribution in [3.8, 4) is 5.75 Å². The Hall–Kier alpha value is -1.02. The van der Waals surface area contributed by atoms with Crippen molar-refractivity contribution in [2.24, 2.45) is 0 Å². The fraction of sp³-hybridized carbons (Fsp3) is 0.647. The van der Waals surface area contributed by atoms with E-state index in [2.05, 4.69) is 12.1 Å². The first-order valence-electron chi connectivity index (χ1n) is 7.92. The Balaban J connectivity index is 1.80. The van der Waals surface area contributed by atoms with Gasteiger partial charge in [-0.3, -0.25) is 0 Å². The molecule has 0 amide bonds. The Morgan fingerprint density at radius 1 is 0.895 bits per heavy atom. The van der Waals surface area contributed by atoms with E-state index in [0.29, 0.717) is 11.3 Å². The SMILES string of the molecule is Oc1ccc(CC2([NH+]3CCCC3)CCCCC2)cc1. The third-order valence-electron chi connectivity index (χ3n) is 5.25. The summed E-state index contributed by atoms with van der Waals surface area (Å²) in [4.78, 5) is 1.86. The van der Waals surface area contributed by atoms with Crippen molar-refractivity contribution in [3.05, 3.63) is 29.8 Å². The normalized spacial score (nSPS) is 23.6. The molecule has 0 atom stereocenters. The number of nitrogens with one attached hydrogen (secondary N) is 1. The lowest BCUT2D eigenvalue weighted by Crippen LogP contribution is -3.19. The summed E-state index contributed by atoms with van der Waals surface area (Å²) in [5.41, 5.74) is 1.89. The standard InChI is InChI=1S/C17H25NO/c19-16-8-6-15(7-9-16)14-17(10-2-1-3-11-17)18-12-4-5-13-18/h6-9,19H,1-5,10-14H2/p+1. The fourth-order valence-corrected chi connectivity index (χ4v) is 4.22. The summed E-state index contributed by atoms with van der Waals surface area (Å²) in [6.07, 6.45) is 11.0. The van der Waals surface area contributed by atoms with Gasteiger partial charge in [-0.25, -0.2) is 0 Å². The maximum Gasteiger partial charge on any atom is 0.115 e. The van der Waals surface area contributed by atoms with Crippen LogP contribution in [-0.4, -0.2) is 23.7 Å². The molecule has 1 saturated carbocycles. The van der Waals surface area contributed by atoms with Crippen molar-refractivity contribution >= 4 is 0 Å². The molecule has 2 nitrogen and oxygen atoms in total. The van der Waals surface area contributed by atoms with Gasteiger partial charge in [0.1, 0.15) is 11.3 Å². The maximum absolute atomic E-state index is 9.43. The van der Waals surface area contributed by atoms with Crippen LogP contribution in [0, 0.1) is 0 Å². The van der Waals surface area contributed by atoms with Gasteiger partial charge >= 0.3 is 0 Å². The third kappa shape index (κ3) is 2.79. The molecule has 1 saturated heterocycles. The average Bonchev–Trinajstić information content (AvgIpc) is 2.97. The first-order valence-corrected chi connectivity index (χ1v) is 7.92. The van der Waals surface area contributed by atoms with E-state index in [4.69, 9.17) is 0 Å². The zero-order chi connectivity index (χ0) is 13.1.